The molecule has 2 aromatic rings. The summed E-state index contributed by atoms with van der Waals surface area (Å²) in [6.07, 6.45) is -5.06. The third kappa shape index (κ3) is 4.16. The predicted molar refractivity (Wildman–Crippen MR) is 78.9 cm³/mol. The van der Waals surface area contributed by atoms with Gasteiger partial charge in [0.25, 0.3) is 0 Å². The Bertz CT molecular complexity index is 729. The Balaban J connectivity index is 2.22. The molecule has 1 unspecified atom stereocenters. The van der Waals surface area contributed by atoms with Gasteiger partial charge in [0, 0.05) is 0 Å². The molecule has 122 valence electrons. The smallest absolute Gasteiger partial charge is 0.416 e. The molecule has 0 aromatic heterocycles. The fourth-order valence-electron chi connectivity index (χ4n) is 1.96. The van der Waals surface area contributed by atoms with E-state index in [9.17, 15) is 18.0 Å². The third-order valence-corrected chi connectivity index (χ3v) is 3.46. The Kier molecular flexibility index (Phi) is 4.85. The van der Waals surface area contributed by atoms with Crippen LogP contribution >= 0.6 is 11.6 Å². The Morgan fingerprint density at radius 3 is 2.48 bits per heavy atom. The molecule has 0 amide bonds. The quantitative estimate of drug-likeness (QED) is 0.829. The molecular weight excluding hydrogens is 333 g/mol. The van der Waals surface area contributed by atoms with E-state index in [4.69, 9.17) is 21.4 Å². The molecule has 2 aromatic carbocycles. The van der Waals surface area contributed by atoms with Crippen molar-refractivity contribution in [1.82, 2.24) is 0 Å². The molecule has 0 aliphatic rings. The largest absolute Gasteiger partial charge is 0.484 e. The van der Waals surface area contributed by atoms with Crippen LogP contribution in [0, 0.1) is 0 Å². The van der Waals surface area contributed by atoms with Crippen LogP contribution in [0.5, 0.6) is 5.75 Å². The first-order valence-corrected chi connectivity index (χ1v) is 6.93. The van der Waals surface area contributed by atoms with Crippen LogP contribution in [0.2, 0.25) is 5.02 Å². The number of alkyl halides is 3. The molecule has 0 aliphatic heterocycles. The monoisotopic (exact) mass is 344 g/mol. The molecule has 23 heavy (non-hydrogen) atoms. The van der Waals surface area contributed by atoms with Gasteiger partial charge >= 0.3 is 12.1 Å². The van der Waals surface area contributed by atoms with Crippen LogP contribution in [0.1, 0.15) is 34.5 Å². The summed E-state index contributed by atoms with van der Waals surface area (Å²) >= 11 is 5.83. The van der Waals surface area contributed by atoms with Crippen molar-refractivity contribution in [2.24, 2.45) is 0 Å². The molecular formula is C16H12ClF3O3. The standard InChI is InChI=1S/C16H12ClF3O3/c1-9(10-3-2-4-11(7-10)15(21)22)23-14-6-5-12(8-13(14)17)16(18,19)20/h2-9H,1H3,(H,21,22). The molecule has 0 radical (unpaired) electrons. The minimum Gasteiger partial charge on any atom is -0.484 e. The number of carboxylic acids is 1. The van der Waals surface area contributed by atoms with Gasteiger partial charge in [-0.05, 0) is 42.8 Å². The summed E-state index contributed by atoms with van der Waals surface area (Å²) in [6.45, 7) is 1.65. The van der Waals surface area contributed by atoms with E-state index in [-0.39, 0.29) is 16.3 Å². The van der Waals surface area contributed by atoms with Crippen LogP contribution in [0.4, 0.5) is 13.2 Å². The van der Waals surface area contributed by atoms with Crippen molar-refractivity contribution in [2.45, 2.75) is 19.2 Å². The maximum atomic E-state index is 12.6. The fraction of sp³-hybridized carbons (Fsp3) is 0.188. The van der Waals surface area contributed by atoms with Gasteiger partial charge in [0.05, 0.1) is 16.1 Å². The topological polar surface area (TPSA) is 46.5 Å². The number of aromatic carboxylic acids is 1. The summed E-state index contributed by atoms with van der Waals surface area (Å²) < 4.78 is 43.3. The van der Waals surface area contributed by atoms with Gasteiger partial charge in [-0.15, -0.1) is 0 Å². The molecule has 0 saturated carbocycles. The van der Waals surface area contributed by atoms with Gasteiger partial charge in [0.2, 0.25) is 0 Å². The van der Waals surface area contributed by atoms with E-state index in [0.717, 1.165) is 18.2 Å². The lowest BCUT2D eigenvalue weighted by Crippen LogP contribution is -2.07. The first-order valence-electron chi connectivity index (χ1n) is 6.55. The maximum Gasteiger partial charge on any atom is 0.416 e. The summed E-state index contributed by atoms with van der Waals surface area (Å²) in [6, 6.07) is 8.90. The van der Waals surface area contributed by atoms with Gasteiger partial charge in [-0.1, -0.05) is 23.7 Å². The van der Waals surface area contributed by atoms with E-state index in [1.807, 2.05) is 0 Å². The lowest BCUT2D eigenvalue weighted by molar-refractivity contribution is -0.137. The van der Waals surface area contributed by atoms with Gasteiger partial charge in [-0.2, -0.15) is 13.2 Å². The highest BCUT2D eigenvalue weighted by Gasteiger charge is 2.31. The summed E-state index contributed by atoms with van der Waals surface area (Å²) in [5.41, 5.74) is -0.201. The zero-order chi connectivity index (χ0) is 17.2. The van der Waals surface area contributed by atoms with Crippen LogP contribution in [-0.4, -0.2) is 11.1 Å². The highest BCUT2D eigenvalue weighted by atomic mass is 35.5. The van der Waals surface area contributed by atoms with E-state index in [0.29, 0.717) is 5.56 Å². The van der Waals surface area contributed by atoms with E-state index >= 15 is 0 Å². The zero-order valence-electron chi connectivity index (χ0n) is 11.9. The van der Waals surface area contributed by atoms with Gasteiger partial charge in [-0.25, -0.2) is 4.79 Å². The van der Waals surface area contributed by atoms with Crippen molar-refractivity contribution in [3.05, 3.63) is 64.2 Å². The molecule has 0 fully saturated rings. The average Bonchev–Trinajstić information content (AvgIpc) is 2.48. The molecule has 0 bridgehead atoms. The van der Waals surface area contributed by atoms with Crippen molar-refractivity contribution in [3.8, 4) is 5.75 Å². The maximum absolute atomic E-state index is 12.6. The number of rotatable bonds is 4. The van der Waals surface area contributed by atoms with Crippen LogP contribution in [0.25, 0.3) is 0 Å². The minimum absolute atomic E-state index is 0.0906. The van der Waals surface area contributed by atoms with Gasteiger partial charge in [0.15, 0.2) is 0 Å². The minimum atomic E-state index is -4.48. The molecule has 1 N–H and O–H groups in total. The van der Waals surface area contributed by atoms with E-state index in [1.165, 1.54) is 12.1 Å². The molecule has 2 rings (SSSR count). The van der Waals surface area contributed by atoms with Gasteiger partial charge in [0.1, 0.15) is 11.9 Å². The number of benzene rings is 2. The second-order valence-electron chi connectivity index (χ2n) is 4.83. The van der Waals surface area contributed by atoms with Crippen molar-refractivity contribution < 1.29 is 27.8 Å². The molecule has 0 saturated heterocycles. The highest BCUT2D eigenvalue weighted by Crippen LogP contribution is 2.36. The zero-order valence-corrected chi connectivity index (χ0v) is 12.7. The van der Waals surface area contributed by atoms with Crippen molar-refractivity contribution in [2.75, 3.05) is 0 Å². The van der Waals surface area contributed by atoms with Crippen molar-refractivity contribution in [1.29, 1.82) is 0 Å². The van der Waals surface area contributed by atoms with Crippen LogP contribution in [0.3, 0.4) is 0 Å². The van der Waals surface area contributed by atoms with E-state index < -0.39 is 23.8 Å². The SMILES string of the molecule is CC(Oc1ccc(C(F)(F)F)cc1Cl)c1cccc(C(=O)O)c1. The summed E-state index contributed by atoms with van der Waals surface area (Å²) in [5, 5.41) is 8.80. The predicted octanol–water partition coefficient (Wildman–Crippen LogP) is 5.20. The number of carboxylic acid groups (broad SMARTS) is 1. The Labute approximate surface area is 135 Å². The van der Waals surface area contributed by atoms with Crippen LogP contribution in [-0.2, 0) is 6.18 Å². The van der Waals surface area contributed by atoms with E-state index in [1.54, 1.807) is 19.1 Å². The molecule has 0 spiro atoms. The highest BCUT2D eigenvalue weighted by molar-refractivity contribution is 6.32. The summed E-state index contributed by atoms with van der Waals surface area (Å²) in [5.74, 6) is -0.987. The molecule has 1 atom stereocenters. The first-order chi connectivity index (χ1) is 10.7. The van der Waals surface area contributed by atoms with Gasteiger partial charge in [-0.3, -0.25) is 0 Å². The van der Waals surface area contributed by atoms with E-state index in [2.05, 4.69) is 0 Å². The average molecular weight is 345 g/mol. The summed E-state index contributed by atoms with van der Waals surface area (Å²) in [4.78, 5) is 11.0. The number of hydrogen-bond donors (Lipinski definition) is 1. The number of ether oxygens (including phenoxy) is 1. The normalized spacial score (nSPS) is 12.7. The lowest BCUT2D eigenvalue weighted by Gasteiger charge is -2.17. The van der Waals surface area contributed by atoms with Crippen molar-refractivity contribution in [3.63, 3.8) is 0 Å². The molecule has 3 nitrogen and oxygen atoms in total. The Morgan fingerprint density at radius 2 is 1.91 bits per heavy atom. The Hall–Kier alpha value is -2.21. The molecule has 0 heterocycles. The number of carbonyl (C=O) groups is 1. The lowest BCUT2D eigenvalue weighted by atomic mass is 10.1. The fourth-order valence-corrected chi connectivity index (χ4v) is 2.18. The van der Waals surface area contributed by atoms with Crippen LogP contribution in [0.15, 0.2) is 42.5 Å². The molecule has 0 aliphatic carbocycles. The molecule has 7 heteroatoms. The Morgan fingerprint density at radius 1 is 1.22 bits per heavy atom. The van der Waals surface area contributed by atoms with Crippen molar-refractivity contribution >= 4 is 17.6 Å². The van der Waals surface area contributed by atoms with Gasteiger partial charge < -0.3 is 9.84 Å². The van der Waals surface area contributed by atoms with Crippen LogP contribution < -0.4 is 4.74 Å². The second kappa shape index (κ2) is 6.50. The first kappa shape index (κ1) is 17.1. The summed E-state index contributed by atoms with van der Waals surface area (Å²) in [7, 11) is 0. The second-order valence-corrected chi connectivity index (χ2v) is 5.24. The number of hydrogen-bond acceptors (Lipinski definition) is 2. The number of halogens is 4. The third-order valence-electron chi connectivity index (χ3n) is 3.17.